The van der Waals surface area contributed by atoms with Crippen LogP contribution in [0.2, 0.25) is 0 Å². The Bertz CT molecular complexity index is 767. The van der Waals surface area contributed by atoms with Crippen LogP contribution in [0, 0.1) is 17.2 Å². The average molecular weight is 375 g/mol. The lowest BCUT2D eigenvalue weighted by Crippen LogP contribution is -2.50. The van der Waals surface area contributed by atoms with Gasteiger partial charge in [-0.25, -0.2) is 0 Å². The summed E-state index contributed by atoms with van der Waals surface area (Å²) in [6.45, 7) is 5.38. The van der Waals surface area contributed by atoms with E-state index in [1.807, 2.05) is 50.2 Å². The Hall–Kier alpha value is -2.06. The van der Waals surface area contributed by atoms with Crippen molar-refractivity contribution in [1.82, 2.24) is 5.32 Å². The van der Waals surface area contributed by atoms with Gasteiger partial charge in [-0.15, -0.1) is 0 Å². The van der Waals surface area contributed by atoms with Crippen LogP contribution in [0.15, 0.2) is 40.9 Å². The van der Waals surface area contributed by atoms with Gasteiger partial charge in [-0.3, -0.25) is 4.79 Å². The molecule has 0 bridgehead atoms. The lowest BCUT2D eigenvalue weighted by Gasteiger charge is -2.27. The number of fused-ring (bicyclic) bond motifs is 1. The van der Waals surface area contributed by atoms with Crippen LogP contribution in [0.25, 0.3) is 10.8 Å². The highest BCUT2D eigenvalue weighted by Crippen LogP contribution is 2.24. The van der Waals surface area contributed by atoms with E-state index in [-0.39, 0.29) is 18.4 Å². The van der Waals surface area contributed by atoms with Crippen molar-refractivity contribution in [1.29, 1.82) is 5.26 Å². The van der Waals surface area contributed by atoms with E-state index in [1.165, 1.54) is 0 Å². The van der Waals surface area contributed by atoms with E-state index in [9.17, 15) is 10.1 Å². The second-order valence-corrected chi connectivity index (χ2v) is 6.87. The second-order valence-electron chi connectivity index (χ2n) is 5.96. The largest absolute Gasteiger partial charge is 0.484 e. The second kappa shape index (κ2) is 7.01. The zero-order valence-corrected chi connectivity index (χ0v) is 15.0. The molecule has 120 valence electrons. The average Bonchev–Trinajstić information content (AvgIpc) is 2.52. The molecule has 0 spiro atoms. The summed E-state index contributed by atoms with van der Waals surface area (Å²) in [4.78, 5) is 12.0. The predicted molar refractivity (Wildman–Crippen MR) is 94.1 cm³/mol. The molecule has 2 aromatic rings. The van der Waals surface area contributed by atoms with Crippen LogP contribution in [0.3, 0.4) is 0 Å². The van der Waals surface area contributed by atoms with Gasteiger partial charge in [-0.1, -0.05) is 41.9 Å². The van der Waals surface area contributed by atoms with Gasteiger partial charge in [0.05, 0.1) is 6.07 Å². The van der Waals surface area contributed by atoms with Crippen molar-refractivity contribution in [2.75, 3.05) is 6.61 Å². The van der Waals surface area contributed by atoms with Gasteiger partial charge in [0.1, 0.15) is 11.3 Å². The summed E-state index contributed by atoms with van der Waals surface area (Å²) in [5.74, 6) is 0.326. The van der Waals surface area contributed by atoms with Crippen LogP contribution < -0.4 is 10.1 Å². The SMILES string of the molecule is CC(C)[C@@](C)(C#N)NC(=O)COc1ccc2cc(Br)ccc2c1. The van der Waals surface area contributed by atoms with Gasteiger partial charge >= 0.3 is 0 Å². The molecule has 0 radical (unpaired) electrons. The number of nitrogens with zero attached hydrogens (tertiary/aromatic N) is 1. The Morgan fingerprint density at radius 3 is 2.61 bits per heavy atom. The van der Waals surface area contributed by atoms with Gasteiger partial charge in [-0.05, 0) is 47.9 Å². The Balaban J connectivity index is 2.02. The molecule has 5 heteroatoms. The number of hydrogen-bond donors (Lipinski definition) is 1. The third kappa shape index (κ3) is 4.23. The predicted octanol–water partition coefficient (Wildman–Crippen LogP) is 4.04. The molecule has 23 heavy (non-hydrogen) atoms. The van der Waals surface area contributed by atoms with Crippen LogP contribution >= 0.6 is 15.9 Å². The Morgan fingerprint density at radius 2 is 1.96 bits per heavy atom. The van der Waals surface area contributed by atoms with Crippen molar-refractivity contribution in [2.24, 2.45) is 5.92 Å². The molecule has 0 saturated heterocycles. The summed E-state index contributed by atoms with van der Waals surface area (Å²) in [5.41, 5.74) is -0.893. The quantitative estimate of drug-likeness (QED) is 0.858. The molecule has 0 saturated carbocycles. The molecule has 0 aliphatic carbocycles. The molecule has 0 fully saturated rings. The van der Waals surface area contributed by atoms with E-state index in [0.29, 0.717) is 5.75 Å². The van der Waals surface area contributed by atoms with E-state index in [2.05, 4.69) is 27.3 Å². The van der Waals surface area contributed by atoms with E-state index < -0.39 is 5.54 Å². The van der Waals surface area contributed by atoms with Crippen LogP contribution in [-0.4, -0.2) is 18.1 Å². The minimum atomic E-state index is -0.893. The van der Waals surface area contributed by atoms with Gasteiger partial charge in [0.15, 0.2) is 6.61 Å². The summed E-state index contributed by atoms with van der Waals surface area (Å²) in [5, 5.41) is 14.1. The van der Waals surface area contributed by atoms with Gasteiger partial charge in [0.25, 0.3) is 5.91 Å². The number of nitriles is 1. The van der Waals surface area contributed by atoms with Gasteiger partial charge in [-0.2, -0.15) is 5.26 Å². The van der Waals surface area contributed by atoms with Crippen molar-refractivity contribution in [3.05, 3.63) is 40.9 Å². The monoisotopic (exact) mass is 374 g/mol. The normalized spacial score (nSPS) is 13.4. The highest BCUT2D eigenvalue weighted by Gasteiger charge is 2.29. The molecule has 0 aromatic heterocycles. The molecule has 1 atom stereocenters. The summed E-state index contributed by atoms with van der Waals surface area (Å²) in [7, 11) is 0. The van der Waals surface area contributed by atoms with Crippen LogP contribution in [0.5, 0.6) is 5.75 Å². The molecule has 4 nitrogen and oxygen atoms in total. The fourth-order valence-corrected chi connectivity index (χ4v) is 2.44. The molecular weight excluding hydrogens is 356 g/mol. The Kier molecular flexibility index (Phi) is 5.27. The van der Waals surface area contributed by atoms with Crippen LogP contribution in [-0.2, 0) is 4.79 Å². The summed E-state index contributed by atoms with van der Waals surface area (Å²) in [6, 6.07) is 13.8. The third-order valence-corrected chi connectivity index (χ3v) is 4.42. The first-order valence-electron chi connectivity index (χ1n) is 7.38. The standard InChI is InChI=1S/C18H19BrN2O2/c1-12(2)18(3,11-20)21-17(22)10-23-16-7-5-13-8-15(19)6-4-14(13)9-16/h4-9,12H,10H2,1-3H3,(H,21,22)/t18-/m1/s1. The van der Waals surface area contributed by atoms with E-state index in [1.54, 1.807) is 6.92 Å². The first-order valence-corrected chi connectivity index (χ1v) is 8.18. The lowest BCUT2D eigenvalue weighted by molar-refractivity contribution is -0.124. The number of hydrogen-bond acceptors (Lipinski definition) is 3. The molecule has 2 aromatic carbocycles. The fourth-order valence-electron chi connectivity index (χ4n) is 2.06. The van der Waals surface area contributed by atoms with Crippen molar-refractivity contribution in [3.8, 4) is 11.8 Å². The van der Waals surface area contributed by atoms with Crippen molar-refractivity contribution in [3.63, 3.8) is 0 Å². The number of halogens is 1. The lowest BCUT2D eigenvalue weighted by atomic mass is 9.90. The van der Waals surface area contributed by atoms with Crippen molar-refractivity contribution in [2.45, 2.75) is 26.3 Å². The van der Waals surface area contributed by atoms with Gasteiger partial charge in [0.2, 0.25) is 0 Å². The smallest absolute Gasteiger partial charge is 0.259 e. The zero-order valence-electron chi connectivity index (χ0n) is 13.4. The number of carbonyl (C=O) groups excluding carboxylic acids is 1. The maximum absolute atomic E-state index is 12.0. The highest BCUT2D eigenvalue weighted by molar-refractivity contribution is 9.10. The number of carbonyl (C=O) groups is 1. The van der Waals surface area contributed by atoms with Crippen molar-refractivity contribution < 1.29 is 9.53 Å². The molecule has 0 heterocycles. The summed E-state index contributed by atoms with van der Waals surface area (Å²) < 4.78 is 6.56. The molecular formula is C18H19BrN2O2. The fraction of sp³-hybridized carbons (Fsp3) is 0.333. The van der Waals surface area contributed by atoms with Crippen LogP contribution in [0.4, 0.5) is 0 Å². The maximum atomic E-state index is 12.0. The number of nitrogens with one attached hydrogen (secondary N) is 1. The molecule has 0 unspecified atom stereocenters. The van der Waals surface area contributed by atoms with Gasteiger partial charge < -0.3 is 10.1 Å². The maximum Gasteiger partial charge on any atom is 0.259 e. The summed E-state index contributed by atoms with van der Waals surface area (Å²) >= 11 is 3.44. The molecule has 1 amide bonds. The first-order chi connectivity index (χ1) is 10.8. The summed E-state index contributed by atoms with van der Waals surface area (Å²) in [6.07, 6.45) is 0. The third-order valence-electron chi connectivity index (χ3n) is 3.93. The Morgan fingerprint density at radius 1 is 1.30 bits per heavy atom. The number of rotatable bonds is 5. The highest BCUT2D eigenvalue weighted by atomic mass is 79.9. The minimum Gasteiger partial charge on any atom is -0.484 e. The van der Waals surface area contributed by atoms with Crippen molar-refractivity contribution >= 4 is 32.6 Å². The number of ether oxygens (including phenoxy) is 1. The number of benzene rings is 2. The molecule has 2 rings (SSSR count). The van der Waals surface area contributed by atoms with E-state index >= 15 is 0 Å². The number of amides is 1. The topological polar surface area (TPSA) is 62.1 Å². The first kappa shape index (κ1) is 17.3. The molecule has 0 aliphatic rings. The van der Waals surface area contributed by atoms with E-state index in [4.69, 9.17) is 4.74 Å². The zero-order chi connectivity index (χ0) is 17.0. The minimum absolute atomic E-state index is 0.00978. The van der Waals surface area contributed by atoms with Crippen LogP contribution in [0.1, 0.15) is 20.8 Å². The van der Waals surface area contributed by atoms with Gasteiger partial charge in [0, 0.05) is 4.47 Å². The molecule has 1 N–H and O–H groups in total. The Labute approximate surface area is 144 Å². The van der Waals surface area contributed by atoms with E-state index in [0.717, 1.165) is 15.2 Å². The molecule has 0 aliphatic heterocycles.